The van der Waals surface area contributed by atoms with Gasteiger partial charge in [-0.15, -0.1) is 0 Å². The van der Waals surface area contributed by atoms with Crippen molar-refractivity contribution < 1.29 is 29.0 Å². The van der Waals surface area contributed by atoms with Gasteiger partial charge in [-0.1, -0.05) is 55.5 Å². The Balaban J connectivity index is 1.26. The third-order valence-corrected chi connectivity index (χ3v) is 6.22. The number of ether oxygens (including phenoxy) is 2. The summed E-state index contributed by atoms with van der Waals surface area (Å²) in [6.45, 7) is 2.49. The first kappa shape index (κ1) is 22.8. The van der Waals surface area contributed by atoms with Gasteiger partial charge < -0.3 is 24.8 Å². The molecule has 1 saturated heterocycles. The van der Waals surface area contributed by atoms with Gasteiger partial charge in [0.05, 0.1) is 6.10 Å². The van der Waals surface area contributed by atoms with Crippen LogP contribution >= 0.6 is 0 Å². The normalized spacial score (nSPS) is 15.8. The molecule has 1 heterocycles. The second-order valence-corrected chi connectivity index (χ2v) is 8.40. The highest BCUT2D eigenvalue weighted by atomic mass is 16.5. The van der Waals surface area contributed by atoms with Gasteiger partial charge in [-0.05, 0) is 28.7 Å². The standard InChI is InChI=1S/C25H28N2O6/c1-2-16(11-23(28)27-12-17(13-27)32-15-24(29)30)26-25(31)33-14-22-20-9-5-3-7-18(20)19-8-4-6-10-21(19)22/h3-10,16-17,22H,2,11-15H2,1H3,(H,26,31)(H,29,30). The number of rotatable bonds is 9. The molecule has 2 aliphatic rings. The fraction of sp³-hybridized carbons (Fsp3) is 0.400. The van der Waals surface area contributed by atoms with Gasteiger partial charge >= 0.3 is 12.1 Å². The third-order valence-electron chi connectivity index (χ3n) is 6.22. The number of carbonyl (C=O) groups excluding carboxylic acids is 2. The van der Waals surface area contributed by atoms with Gasteiger partial charge in [0, 0.05) is 31.5 Å². The van der Waals surface area contributed by atoms with Crippen molar-refractivity contribution in [2.45, 2.75) is 37.8 Å². The highest BCUT2D eigenvalue weighted by Gasteiger charge is 2.33. The molecule has 2 N–H and O–H groups in total. The van der Waals surface area contributed by atoms with E-state index in [0.29, 0.717) is 19.5 Å². The summed E-state index contributed by atoms with van der Waals surface area (Å²) in [4.78, 5) is 37.1. The Labute approximate surface area is 192 Å². The lowest BCUT2D eigenvalue weighted by molar-refractivity contribution is -0.154. The van der Waals surface area contributed by atoms with E-state index in [9.17, 15) is 14.4 Å². The van der Waals surface area contributed by atoms with E-state index >= 15 is 0 Å². The monoisotopic (exact) mass is 452 g/mol. The number of likely N-dealkylation sites (tertiary alicyclic amines) is 1. The molecule has 0 spiro atoms. The Morgan fingerprint density at radius 2 is 1.67 bits per heavy atom. The van der Waals surface area contributed by atoms with Crippen molar-refractivity contribution in [3.8, 4) is 11.1 Å². The van der Waals surface area contributed by atoms with E-state index in [2.05, 4.69) is 29.6 Å². The maximum Gasteiger partial charge on any atom is 0.407 e. The van der Waals surface area contributed by atoms with Crippen molar-refractivity contribution in [1.82, 2.24) is 10.2 Å². The average Bonchev–Trinajstić information content (AvgIpc) is 3.09. The van der Waals surface area contributed by atoms with Gasteiger partial charge in [0.25, 0.3) is 0 Å². The number of alkyl carbamates (subject to hydrolysis) is 1. The molecule has 1 unspecified atom stereocenters. The average molecular weight is 453 g/mol. The Bertz CT molecular complexity index is 988. The minimum absolute atomic E-state index is 0.0197. The molecule has 0 aromatic heterocycles. The van der Waals surface area contributed by atoms with Crippen LogP contribution in [0.5, 0.6) is 0 Å². The molecule has 0 radical (unpaired) electrons. The maximum atomic E-state index is 12.5. The van der Waals surface area contributed by atoms with E-state index in [1.165, 1.54) is 11.1 Å². The van der Waals surface area contributed by atoms with E-state index in [4.69, 9.17) is 14.6 Å². The Kier molecular flexibility index (Phi) is 6.93. The highest BCUT2D eigenvalue weighted by molar-refractivity contribution is 5.80. The lowest BCUT2D eigenvalue weighted by Gasteiger charge is -2.39. The zero-order valence-corrected chi connectivity index (χ0v) is 18.5. The van der Waals surface area contributed by atoms with Crippen LogP contribution in [-0.4, -0.2) is 66.4 Å². The molecular formula is C25H28N2O6. The molecule has 0 bridgehead atoms. The second-order valence-electron chi connectivity index (χ2n) is 8.40. The number of hydrogen-bond acceptors (Lipinski definition) is 5. The number of aliphatic carboxylic acids is 1. The number of nitrogens with zero attached hydrogens (tertiary/aromatic N) is 1. The minimum atomic E-state index is -1.03. The van der Waals surface area contributed by atoms with Crippen LogP contribution in [-0.2, 0) is 19.1 Å². The largest absolute Gasteiger partial charge is 0.480 e. The van der Waals surface area contributed by atoms with Crippen LogP contribution in [0.2, 0.25) is 0 Å². The summed E-state index contributed by atoms with van der Waals surface area (Å²) in [7, 11) is 0. The number of carbonyl (C=O) groups is 3. The molecule has 8 nitrogen and oxygen atoms in total. The minimum Gasteiger partial charge on any atom is -0.480 e. The van der Waals surface area contributed by atoms with Crippen molar-refractivity contribution in [1.29, 1.82) is 0 Å². The molecule has 1 fully saturated rings. The van der Waals surface area contributed by atoms with Crippen LogP contribution in [0.3, 0.4) is 0 Å². The molecule has 33 heavy (non-hydrogen) atoms. The Morgan fingerprint density at radius 1 is 1.06 bits per heavy atom. The van der Waals surface area contributed by atoms with Crippen LogP contribution in [0.15, 0.2) is 48.5 Å². The molecular weight excluding hydrogens is 424 g/mol. The quantitative estimate of drug-likeness (QED) is 0.606. The van der Waals surface area contributed by atoms with Gasteiger partial charge in [0.1, 0.15) is 13.2 Å². The van der Waals surface area contributed by atoms with E-state index in [1.807, 2.05) is 31.2 Å². The number of fused-ring (bicyclic) bond motifs is 3. The Hall–Kier alpha value is -3.39. The molecule has 2 aromatic carbocycles. The predicted molar refractivity (Wildman–Crippen MR) is 121 cm³/mol. The molecule has 1 atom stereocenters. The van der Waals surface area contributed by atoms with Crippen molar-refractivity contribution in [3.63, 3.8) is 0 Å². The summed E-state index contributed by atoms with van der Waals surface area (Å²) in [5.41, 5.74) is 4.62. The van der Waals surface area contributed by atoms with Crippen molar-refractivity contribution in [2.75, 3.05) is 26.3 Å². The van der Waals surface area contributed by atoms with Crippen molar-refractivity contribution >= 4 is 18.0 Å². The predicted octanol–water partition coefficient (Wildman–Crippen LogP) is 3.01. The molecule has 1 aliphatic heterocycles. The topological polar surface area (TPSA) is 105 Å². The smallest absolute Gasteiger partial charge is 0.407 e. The van der Waals surface area contributed by atoms with Crippen molar-refractivity contribution in [3.05, 3.63) is 59.7 Å². The van der Waals surface area contributed by atoms with Crippen LogP contribution in [0, 0.1) is 0 Å². The number of carboxylic acids is 1. The highest BCUT2D eigenvalue weighted by Crippen LogP contribution is 2.44. The van der Waals surface area contributed by atoms with Gasteiger partial charge in [-0.3, -0.25) is 4.79 Å². The van der Waals surface area contributed by atoms with Crippen LogP contribution in [0.25, 0.3) is 11.1 Å². The van der Waals surface area contributed by atoms with E-state index in [-0.39, 0.29) is 43.6 Å². The number of hydrogen-bond donors (Lipinski definition) is 2. The van der Waals surface area contributed by atoms with Gasteiger partial charge in [-0.2, -0.15) is 0 Å². The first-order valence-corrected chi connectivity index (χ1v) is 11.2. The summed E-state index contributed by atoms with van der Waals surface area (Å²) in [5, 5.41) is 11.5. The third kappa shape index (κ3) is 5.17. The van der Waals surface area contributed by atoms with Crippen LogP contribution in [0.4, 0.5) is 4.79 Å². The number of carboxylic acid groups (broad SMARTS) is 1. The number of benzene rings is 2. The molecule has 8 heteroatoms. The molecule has 2 aromatic rings. The summed E-state index contributed by atoms with van der Waals surface area (Å²) in [5.74, 6) is -1.15. The molecule has 174 valence electrons. The van der Waals surface area contributed by atoms with Gasteiger partial charge in [0.2, 0.25) is 5.91 Å². The van der Waals surface area contributed by atoms with Crippen molar-refractivity contribution in [2.24, 2.45) is 0 Å². The van der Waals surface area contributed by atoms with E-state index in [1.54, 1.807) is 4.90 Å². The fourth-order valence-electron chi connectivity index (χ4n) is 4.38. The van der Waals surface area contributed by atoms with Gasteiger partial charge in [0.15, 0.2) is 0 Å². The van der Waals surface area contributed by atoms with E-state index in [0.717, 1.165) is 11.1 Å². The molecule has 1 aliphatic carbocycles. The maximum absolute atomic E-state index is 12.5. The molecule has 0 saturated carbocycles. The van der Waals surface area contributed by atoms with E-state index < -0.39 is 12.1 Å². The zero-order chi connectivity index (χ0) is 23.4. The summed E-state index contributed by atoms with van der Waals surface area (Å²) in [6, 6.07) is 15.9. The summed E-state index contributed by atoms with van der Waals surface area (Å²) < 4.78 is 10.7. The zero-order valence-electron chi connectivity index (χ0n) is 18.5. The SMILES string of the molecule is CCC(CC(=O)N1CC(OCC(=O)O)C1)NC(=O)OCC1c2ccccc2-c2ccccc21. The first-order chi connectivity index (χ1) is 16.0. The summed E-state index contributed by atoms with van der Waals surface area (Å²) >= 11 is 0. The molecule has 2 amide bonds. The van der Waals surface area contributed by atoms with Gasteiger partial charge in [-0.25, -0.2) is 9.59 Å². The van der Waals surface area contributed by atoms with Crippen LogP contribution < -0.4 is 5.32 Å². The molecule has 4 rings (SSSR count). The Morgan fingerprint density at radius 3 is 2.24 bits per heavy atom. The number of amides is 2. The fourth-order valence-corrected chi connectivity index (χ4v) is 4.38. The summed E-state index contributed by atoms with van der Waals surface area (Å²) in [6.07, 6.45) is -0.0438. The van der Waals surface area contributed by atoms with Crippen LogP contribution in [0.1, 0.15) is 36.8 Å². The lowest BCUT2D eigenvalue weighted by Crippen LogP contribution is -2.56. The lowest BCUT2D eigenvalue weighted by atomic mass is 9.98. The number of nitrogens with one attached hydrogen (secondary N) is 1. The first-order valence-electron chi connectivity index (χ1n) is 11.2. The second kappa shape index (κ2) is 10.0.